The quantitative estimate of drug-likeness (QED) is 0.158. The van der Waals surface area contributed by atoms with Crippen molar-refractivity contribution >= 4 is 46.3 Å². The SMILES string of the molecule is CCc1ccccc1-c1c(C(C)(C)C)ccc2c1C=C(C(C)CC)[CH]2[Zr]([Cl])([Cl])[c]1cccc2c1[SiH2]c1ccccc1-2. The molecule has 4 aromatic carbocycles. The van der Waals surface area contributed by atoms with E-state index < -0.39 is 27.4 Å². The molecular formula is C37H40Cl2SiZr. The molecule has 0 spiro atoms. The summed E-state index contributed by atoms with van der Waals surface area (Å²) >= 11 is -4.04. The number of aryl methyl sites for hydroxylation is 1. The number of hydrogen-bond acceptors (Lipinski definition) is 0. The second kappa shape index (κ2) is 11.1. The topological polar surface area (TPSA) is 0 Å². The zero-order valence-corrected chi connectivity index (χ0v) is 30.5. The fourth-order valence-electron chi connectivity index (χ4n) is 7.15. The Hall–Kier alpha value is -1.70. The van der Waals surface area contributed by atoms with Gasteiger partial charge in [0.25, 0.3) is 0 Å². The molecule has 0 bridgehead atoms. The fourth-order valence-corrected chi connectivity index (χ4v) is 24.1. The van der Waals surface area contributed by atoms with E-state index in [9.17, 15) is 0 Å². The fraction of sp³-hybridized carbons (Fsp3) is 0.297. The Balaban J connectivity index is 1.60. The van der Waals surface area contributed by atoms with E-state index in [1.54, 1.807) is 0 Å². The Morgan fingerprint density at radius 3 is 2.22 bits per heavy atom. The number of fused-ring (bicyclic) bond motifs is 4. The summed E-state index contributed by atoms with van der Waals surface area (Å²) in [4.78, 5) is 0. The average molecular weight is 675 g/mol. The Bertz CT molecular complexity index is 1680. The molecular weight excluding hydrogens is 635 g/mol. The molecule has 0 saturated carbocycles. The summed E-state index contributed by atoms with van der Waals surface area (Å²) in [5.74, 6) is 0.416. The van der Waals surface area contributed by atoms with Gasteiger partial charge in [-0.1, -0.05) is 0 Å². The molecule has 2 aliphatic rings. The van der Waals surface area contributed by atoms with Gasteiger partial charge in [-0.2, -0.15) is 0 Å². The van der Waals surface area contributed by atoms with E-state index in [1.165, 1.54) is 63.7 Å². The number of halogens is 2. The van der Waals surface area contributed by atoms with Crippen molar-refractivity contribution in [3.63, 3.8) is 0 Å². The van der Waals surface area contributed by atoms with Gasteiger partial charge >= 0.3 is 262 Å². The first-order chi connectivity index (χ1) is 19.6. The van der Waals surface area contributed by atoms with Gasteiger partial charge in [0.1, 0.15) is 0 Å². The molecule has 2 unspecified atom stereocenters. The summed E-state index contributed by atoms with van der Waals surface area (Å²) in [7, 11) is 15.3. The third-order valence-electron chi connectivity index (χ3n) is 9.46. The normalized spacial score (nSPS) is 17.3. The van der Waals surface area contributed by atoms with Crippen molar-refractivity contribution in [2.75, 3.05) is 0 Å². The van der Waals surface area contributed by atoms with Gasteiger partial charge in [0.15, 0.2) is 0 Å². The molecule has 4 aromatic rings. The van der Waals surface area contributed by atoms with Crippen LogP contribution in [0.3, 0.4) is 0 Å². The van der Waals surface area contributed by atoms with Crippen LogP contribution in [-0.2, 0) is 29.7 Å². The second-order valence-corrected chi connectivity index (χ2v) is 28.8. The number of rotatable bonds is 6. The number of allylic oxidation sites excluding steroid dienone is 1. The zero-order valence-electron chi connectivity index (χ0n) is 25.1. The van der Waals surface area contributed by atoms with Gasteiger partial charge in [0.2, 0.25) is 0 Å². The molecule has 1 heterocycles. The first-order valence-corrected chi connectivity index (χ1v) is 25.5. The molecule has 0 aromatic heterocycles. The summed E-state index contributed by atoms with van der Waals surface area (Å²) < 4.78 is 1.41. The summed E-state index contributed by atoms with van der Waals surface area (Å²) in [6, 6.07) is 29.4. The molecule has 0 fully saturated rings. The Labute approximate surface area is 260 Å². The van der Waals surface area contributed by atoms with Gasteiger partial charge in [0, 0.05) is 0 Å². The van der Waals surface area contributed by atoms with Crippen LogP contribution < -0.4 is 13.6 Å². The van der Waals surface area contributed by atoms with E-state index in [1.807, 2.05) is 0 Å². The zero-order chi connectivity index (χ0) is 29.1. The van der Waals surface area contributed by atoms with Gasteiger partial charge in [-0.05, 0) is 0 Å². The first kappa shape index (κ1) is 29.4. The summed E-state index contributed by atoms with van der Waals surface area (Å²) in [6.07, 6.45) is 4.59. The monoisotopic (exact) mass is 672 g/mol. The van der Waals surface area contributed by atoms with Crippen molar-refractivity contribution < 1.29 is 17.9 Å². The van der Waals surface area contributed by atoms with E-state index in [0.717, 1.165) is 12.8 Å². The van der Waals surface area contributed by atoms with Gasteiger partial charge in [-0.25, -0.2) is 0 Å². The summed E-state index contributed by atoms with van der Waals surface area (Å²) in [5, 5.41) is 3.01. The van der Waals surface area contributed by atoms with E-state index in [2.05, 4.69) is 126 Å². The molecule has 0 nitrogen and oxygen atoms in total. The molecule has 1 aliphatic carbocycles. The Kier molecular flexibility index (Phi) is 7.95. The van der Waals surface area contributed by atoms with Crippen molar-refractivity contribution in [2.24, 2.45) is 5.92 Å². The molecule has 4 heteroatoms. The van der Waals surface area contributed by atoms with Crippen LogP contribution in [0.4, 0.5) is 0 Å². The van der Waals surface area contributed by atoms with Gasteiger partial charge in [0.05, 0.1) is 0 Å². The maximum atomic E-state index is 7.96. The molecule has 41 heavy (non-hydrogen) atoms. The summed E-state index contributed by atoms with van der Waals surface area (Å²) in [6.45, 7) is 13.9. The Morgan fingerprint density at radius 1 is 0.829 bits per heavy atom. The Morgan fingerprint density at radius 2 is 1.51 bits per heavy atom. The molecule has 0 radical (unpaired) electrons. The predicted molar refractivity (Wildman–Crippen MR) is 181 cm³/mol. The third kappa shape index (κ3) is 4.92. The van der Waals surface area contributed by atoms with Gasteiger partial charge in [-0.3, -0.25) is 0 Å². The molecule has 0 amide bonds. The van der Waals surface area contributed by atoms with Crippen LogP contribution in [0.5, 0.6) is 0 Å². The van der Waals surface area contributed by atoms with Crippen LogP contribution in [0.25, 0.3) is 28.3 Å². The number of hydrogen-bond donors (Lipinski definition) is 0. The summed E-state index contributed by atoms with van der Waals surface area (Å²) in [5.41, 5.74) is 12.4. The predicted octanol–water partition coefficient (Wildman–Crippen LogP) is 8.58. The van der Waals surface area contributed by atoms with E-state index in [4.69, 9.17) is 17.0 Å². The van der Waals surface area contributed by atoms with Crippen molar-refractivity contribution in [1.29, 1.82) is 0 Å². The van der Waals surface area contributed by atoms with E-state index >= 15 is 0 Å². The van der Waals surface area contributed by atoms with Crippen LogP contribution in [0.1, 0.15) is 73.8 Å². The van der Waals surface area contributed by atoms with Crippen molar-refractivity contribution in [3.05, 3.63) is 107 Å². The maximum absolute atomic E-state index is 7.96. The molecule has 2 atom stereocenters. The van der Waals surface area contributed by atoms with Crippen molar-refractivity contribution in [1.82, 2.24) is 0 Å². The van der Waals surface area contributed by atoms with Crippen LogP contribution >= 0.6 is 17.0 Å². The van der Waals surface area contributed by atoms with Crippen molar-refractivity contribution in [2.45, 2.75) is 63.4 Å². The second-order valence-electron chi connectivity index (χ2n) is 12.9. The van der Waals surface area contributed by atoms with Crippen LogP contribution in [-0.4, -0.2) is 9.52 Å². The van der Waals surface area contributed by atoms with Crippen LogP contribution in [0, 0.1) is 5.92 Å². The standard InChI is InChI=1S/C25H31.C12H9Si.2ClH.Zr/c1-7-17(3)20-15-19-13-14-23(25(4,5)6)24(22(19)16-20)21-12-10-9-11-18(21)8-2;1-3-7-11-9(5-1)10-6-2-4-8-12(10)13-11;;;/h9-17H,7-8H2,1-6H3;1-7H,13H2;2*1H;/q;;;;+2/p-2. The van der Waals surface area contributed by atoms with Crippen molar-refractivity contribution in [3.8, 4) is 22.3 Å². The van der Waals surface area contributed by atoms with Gasteiger partial charge < -0.3 is 0 Å². The molecule has 0 saturated heterocycles. The third-order valence-corrected chi connectivity index (χ3v) is 23.7. The van der Waals surface area contributed by atoms with Crippen LogP contribution in [0.2, 0.25) is 0 Å². The molecule has 0 N–H and O–H groups in total. The number of benzene rings is 4. The molecule has 210 valence electrons. The molecule has 1 aliphatic heterocycles. The minimum atomic E-state index is -4.04. The molecule has 6 rings (SSSR count). The first-order valence-electron chi connectivity index (χ1n) is 15.1. The van der Waals surface area contributed by atoms with E-state index in [-0.39, 0.29) is 9.04 Å². The van der Waals surface area contributed by atoms with E-state index in [0.29, 0.717) is 5.92 Å². The van der Waals surface area contributed by atoms with Gasteiger partial charge in [-0.15, -0.1) is 0 Å². The van der Waals surface area contributed by atoms with Crippen LogP contribution in [0.15, 0.2) is 84.4 Å². The average Bonchev–Trinajstić information content (AvgIpc) is 3.55. The minimum absolute atomic E-state index is 0.00755.